The van der Waals surface area contributed by atoms with Gasteiger partial charge in [-0.1, -0.05) is 13.8 Å². The largest absolute Gasteiger partial charge is 0.462 e. The molecule has 0 amide bonds. The first-order valence-electron chi connectivity index (χ1n) is 11.2. The van der Waals surface area contributed by atoms with Crippen molar-refractivity contribution in [2.24, 2.45) is 28.6 Å². The Kier molecular flexibility index (Phi) is 3.21. The lowest BCUT2D eigenvalue weighted by atomic mass is 9.44. The van der Waals surface area contributed by atoms with Gasteiger partial charge in [0.2, 0.25) is 0 Å². The lowest BCUT2D eigenvalue weighted by Gasteiger charge is -2.59. The molecule has 154 valence electrons. The molecule has 0 radical (unpaired) electrons. The molecule has 1 spiro atoms. The third-order valence-corrected chi connectivity index (χ3v) is 10.3. The van der Waals surface area contributed by atoms with E-state index < -0.39 is 5.60 Å². The van der Waals surface area contributed by atoms with Gasteiger partial charge in [-0.15, -0.1) is 0 Å². The van der Waals surface area contributed by atoms with E-state index in [-0.39, 0.29) is 40.4 Å². The summed E-state index contributed by atoms with van der Waals surface area (Å²) >= 11 is 0. The molecule has 2 heterocycles. The van der Waals surface area contributed by atoms with Crippen LogP contribution in [0.25, 0.3) is 0 Å². The summed E-state index contributed by atoms with van der Waals surface area (Å²) in [6.45, 7) is 8.02. The highest BCUT2D eigenvalue weighted by atomic mass is 16.6. The fourth-order valence-corrected chi connectivity index (χ4v) is 9.04. The Labute approximate surface area is 166 Å². The van der Waals surface area contributed by atoms with Gasteiger partial charge in [-0.3, -0.25) is 9.59 Å². The van der Waals surface area contributed by atoms with Crippen molar-refractivity contribution < 1.29 is 23.8 Å². The number of hydrogen-bond donors (Lipinski definition) is 0. The molecule has 6 fully saturated rings. The first-order valence-corrected chi connectivity index (χ1v) is 11.2. The van der Waals surface area contributed by atoms with Crippen LogP contribution in [0, 0.1) is 28.6 Å². The van der Waals surface area contributed by atoms with Crippen molar-refractivity contribution in [1.82, 2.24) is 0 Å². The molecule has 6 aliphatic rings. The lowest BCUT2D eigenvalue weighted by molar-refractivity contribution is -0.161. The fourth-order valence-electron chi connectivity index (χ4n) is 9.04. The molecule has 0 aromatic rings. The SMILES string of the molecule is CC(=O)O[C@H]1CC[C@]2(C)[C@H]3CC[C@@]4(C)[C@@H](C[C@H]5O[C@@]54C(C)=O)[C@@H]3C[C@H]3O[C@@]32C1. The second-order valence-corrected chi connectivity index (χ2v) is 11.1. The van der Waals surface area contributed by atoms with Crippen LogP contribution in [0.15, 0.2) is 0 Å². The van der Waals surface area contributed by atoms with Gasteiger partial charge >= 0.3 is 5.97 Å². The summed E-state index contributed by atoms with van der Waals surface area (Å²) in [6.07, 6.45) is 7.73. The number of rotatable bonds is 2. The van der Waals surface area contributed by atoms with Crippen molar-refractivity contribution in [3.63, 3.8) is 0 Å². The number of carbonyl (C=O) groups is 2. The number of fused-ring (bicyclic) bond motifs is 6. The minimum Gasteiger partial charge on any atom is -0.462 e. The van der Waals surface area contributed by atoms with Crippen LogP contribution in [0.1, 0.15) is 72.6 Å². The third kappa shape index (κ3) is 1.79. The van der Waals surface area contributed by atoms with Crippen LogP contribution in [0.5, 0.6) is 0 Å². The van der Waals surface area contributed by atoms with E-state index in [1.165, 1.54) is 6.92 Å². The zero-order valence-electron chi connectivity index (χ0n) is 17.5. The van der Waals surface area contributed by atoms with Crippen LogP contribution >= 0.6 is 0 Å². The monoisotopic (exact) mass is 388 g/mol. The van der Waals surface area contributed by atoms with Gasteiger partial charge in [0, 0.05) is 24.2 Å². The number of esters is 1. The maximum atomic E-state index is 12.5. The average molecular weight is 389 g/mol. The molecule has 6 rings (SSSR count). The van der Waals surface area contributed by atoms with Gasteiger partial charge < -0.3 is 14.2 Å². The van der Waals surface area contributed by atoms with Crippen molar-refractivity contribution in [3.05, 3.63) is 0 Å². The number of hydrogen-bond acceptors (Lipinski definition) is 5. The van der Waals surface area contributed by atoms with E-state index >= 15 is 0 Å². The maximum Gasteiger partial charge on any atom is 0.302 e. The summed E-state index contributed by atoms with van der Waals surface area (Å²) in [5.41, 5.74) is -0.424. The molecular weight excluding hydrogens is 356 g/mol. The summed E-state index contributed by atoms with van der Waals surface area (Å²) in [6, 6.07) is 0. The van der Waals surface area contributed by atoms with Gasteiger partial charge in [-0.05, 0) is 63.2 Å². The highest BCUT2D eigenvalue weighted by molar-refractivity contribution is 5.90. The van der Waals surface area contributed by atoms with Crippen molar-refractivity contribution in [2.45, 2.75) is 102 Å². The second kappa shape index (κ2) is 5.03. The fraction of sp³-hybridized carbons (Fsp3) is 0.913. The topological polar surface area (TPSA) is 68.4 Å². The average Bonchev–Trinajstić information content (AvgIpc) is 3.48. The Hall–Kier alpha value is -0.940. The molecule has 10 atom stereocenters. The molecular formula is C23H32O5. The lowest BCUT2D eigenvalue weighted by Crippen LogP contribution is -2.60. The van der Waals surface area contributed by atoms with Crippen LogP contribution in [-0.4, -0.2) is 41.3 Å². The van der Waals surface area contributed by atoms with Crippen LogP contribution in [0.3, 0.4) is 0 Å². The summed E-state index contributed by atoms with van der Waals surface area (Å²) in [4.78, 5) is 24.0. The van der Waals surface area contributed by atoms with E-state index in [1.807, 2.05) is 0 Å². The molecule has 2 saturated heterocycles. The summed E-state index contributed by atoms with van der Waals surface area (Å²) < 4.78 is 18.1. The molecule has 0 N–H and O–H groups in total. The molecule has 0 aromatic carbocycles. The predicted molar refractivity (Wildman–Crippen MR) is 100 cm³/mol. The predicted octanol–water partition coefficient (Wildman–Crippen LogP) is 3.43. The summed E-state index contributed by atoms with van der Waals surface area (Å²) in [5.74, 6) is 1.90. The maximum absolute atomic E-state index is 12.5. The minimum atomic E-state index is -0.491. The molecule has 4 saturated carbocycles. The van der Waals surface area contributed by atoms with Crippen molar-refractivity contribution in [3.8, 4) is 0 Å². The zero-order valence-corrected chi connectivity index (χ0v) is 17.5. The third-order valence-electron chi connectivity index (χ3n) is 10.3. The van der Waals surface area contributed by atoms with Crippen molar-refractivity contribution >= 4 is 11.8 Å². The highest BCUT2D eigenvalue weighted by Gasteiger charge is 2.82. The number of Topliss-reactive ketones (excluding diaryl/α,β-unsaturated/α-hetero) is 1. The molecule has 0 aromatic heterocycles. The molecule has 2 aliphatic heterocycles. The summed E-state index contributed by atoms with van der Waals surface area (Å²) in [7, 11) is 0. The van der Waals surface area contributed by atoms with Crippen LogP contribution < -0.4 is 0 Å². The van der Waals surface area contributed by atoms with Gasteiger partial charge in [-0.2, -0.15) is 0 Å². The molecule has 0 bridgehead atoms. The summed E-state index contributed by atoms with van der Waals surface area (Å²) in [5, 5.41) is 0. The standard InChI is InChI=1S/C23H32O5/c1-12(24)23-19(28-23)10-17-15-9-18-22(27-18)11-14(26-13(2)25)5-7-20(22,3)16(15)6-8-21(17,23)4/h14-19H,5-11H2,1-4H3/t14-,15+,16-,17-,18+,19+,20+,21-,22-,23-/m0/s1. The van der Waals surface area contributed by atoms with Crippen LogP contribution in [0.4, 0.5) is 0 Å². The second-order valence-electron chi connectivity index (χ2n) is 11.1. The van der Waals surface area contributed by atoms with Gasteiger partial charge in [-0.25, -0.2) is 0 Å². The Balaban J connectivity index is 1.31. The zero-order chi connectivity index (χ0) is 19.7. The smallest absolute Gasteiger partial charge is 0.302 e. The first kappa shape index (κ1) is 17.9. The highest BCUT2D eigenvalue weighted by Crippen LogP contribution is 2.77. The van der Waals surface area contributed by atoms with E-state index in [4.69, 9.17) is 14.2 Å². The Morgan fingerprint density at radius 2 is 1.68 bits per heavy atom. The van der Waals surface area contributed by atoms with E-state index in [1.54, 1.807) is 6.92 Å². The Morgan fingerprint density at radius 1 is 0.929 bits per heavy atom. The van der Waals surface area contributed by atoms with Crippen LogP contribution in [0.2, 0.25) is 0 Å². The van der Waals surface area contributed by atoms with E-state index in [0.717, 1.165) is 44.9 Å². The number of ether oxygens (including phenoxy) is 3. The molecule has 5 heteroatoms. The quantitative estimate of drug-likeness (QED) is 0.535. The number of epoxide rings is 2. The van der Waals surface area contributed by atoms with Gasteiger partial charge in [0.15, 0.2) is 11.4 Å². The Bertz CT molecular complexity index is 779. The first-order chi connectivity index (χ1) is 13.2. The van der Waals surface area contributed by atoms with Gasteiger partial charge in [0.1, 0.15) is 11.7 Å². The van der Waals surface area contributed by atoms with Gasteiger partial charge in [0.25, 0.3) is 0 Å². The molecule has 4 aliphatic carbocycles. The van der Waals surface area contributed by atoms with E-state index in [2.05, 4.69) is 13.8 Å². The van der Waals surface area contributed by atoms with Crippen LogP contribution in [-0.2, 0) is 23.8 Å². The van der Waals surface area contributed by atoms with E-state index in [9.17, 15) is 9.59 Å². The molecule has 5 nitrogen and oxygen atoms in total. The molecule has 28 heavy (non-hydrogen) atoms. The van der Waals surface area contributed by atoms with E-state index in [0.29, 0.717) is 23.9 Å². The van der Waals surface area contributed by atoms with Gasteiger partial charge in [0.05, 0.1) is 12.2 Å². The molecule has 0 unspecified atom stereocenters. The number of carbonyl (C=O) groups excluding carboxylic acids is 2. The van der Waals surface area contributed by atoms with Crippen molar-refractivity contribution in [1.29, 1.82) is 0 Å². The number of ketones is 1. The normalized spacial score (nSPS) is 60.4. The Morgan fingerprint density at radius 3 is 2.39 bits per heavy atom. The van der Waals surface area contributed by atoms with Crippen molar-refractivity contribution in [2.75, 3.05) is 0 Å². The minimum absolute atomic E-state index is 0.00879.